The van der Waals surface area contributed by atoms with Crippen molar-refractivity contribution in [1.82, 2.24) is 5.32 Å². The molecule has 1 amide bonds. The number of carbonyl (C=O) groups is 1. The molecule has 1 saturated heterocycles. The maximum absolute atomic E-state index is 11.9. The molecule has 1 aromatic carbocycles. The van der Waals surface area contributed by atoms with Crippen LogP contribution < -0.4 is 10.6 Å². The molecule has 0 saturated carbocycles. The van der Waals surface area contributed by atoms with Crippen LogP contribution in [-0.2, 0) is 9.53 Å². The molecule has 5 heteroatoms. The molecule has 1 fully saturated rings. The topological polar surface area (TPSA) is 74.2 Å². The summed E-state index contributed by atoms with van der Waals surface area (Å²) in [5.41, 5.74) is 2.13. The zero-order valence-corrected chi connectivity index (χ0v) is 11.6. The Morgan fingerprint density at radius 2 is 2.25 bits per heavy atom. The summed E-state index contributed by atoms with van der Waals surface area (Å²) in [4.78, 5) is 11.9. The first-order valence-electron chi connectivity index (χ1n) is 6.82. The molecule has 2 rings (SSSR count). The van der Waals surface area contributed by atoms with Gasteiger partial charge in [0.1, 0.15) is 6.61 Å². The molecular weight excluding hydrogens is 254 g/mol. The molecule has 106 valence electrons. The molecule has 0 radical (unpaired) electrons. The van der Waals surface area contributed by atoms with Crippen LogP contribution in [0, 0.1) is 18.3 Å². The summed E-state index contributed by atoms with van der Waals surface area (Å²) in [6.45, 7) is 3.83. The van der Waals surface area contributed by atoms with Gasteiger partial charge in [-0.2, -0.15) is 5.26 Å². The fourth-order valence-corrected chi connectivity index (χ4v) is 2.17. The molecule has 1 aromatic rings. The van der Waals surface area contributed by atoms with Gasteiger partial charge in [-0.05, 0) is 50.6 Å². The van der Waals surface area contributed by atoms with Crippen molar-refractivity contribution in [2.24, 2.45) is 0 Å². The molecular formula is C15H19N3O2. The third-order valence-corrected chi connectivity index (χ3v) is 3.38. The van der Waals surface area contributed by atoms with Gasteiger partial charge in [0.25, 0.3) is 0 Å². The Morgan fingerprint density at radius 1 is 1.50 bits per heavy atom. The minimum absolute atomic E-state index is 0.0564. The molecule has 1 heterocycles. The fourth-order valence-electron chi connectivity index (χ4n) is 2.17. The third-order valence-electron chi connectivity index (χ3n) is 3.38. The highest BCUT2D eigenvalue weighted by Crippen LogP contribution is 2.16. The quantitative estimate of drug-likeness (QED) is 0.873. The van der Waals surface area contributed by atoms with Crippen LogP contribution in [0.2, 0.25) is 0 Å². The van der Waals surface area contributed by atoms with E-state index in [1.54, 1.807) is 12.1 Å². The Labute approximate surface area is 118 Å². The van der Waals surface area contributed by atoms with Gasteiger partial charge in [-0.1, -0.05) is 6.07 Å². The van der Waals surface area contributed by atoms with Crippen molar-refractivity contribution in [2.75, 3.05) is 25.0 Å². The average Bonchev–Trinajstić information content (AvgIpc) is 2.48. The lowest BCUT2D eigenvalue weighted by molar-refractivity contribution is -0.123. The van der Waals surface area contributed by atoms with Gasteiger partial charge in [0.15, 0.2) is 0 Å². The van der Waals surface area contributed by atoms with E-state index in [-0.39, 0.29) is 18.6 Å². The number of amides is 1. The zero-order chi connectivity index (χ0) is 14.4. The molecule has 0 bridgehead atoms. The number of carbonyl (C=O) groups excluding carboxylic acids is 1. The van der Waals surface area contributed by atoms with Crippen molar-refractivity contribution in [3.63, 3.8) is 0 Å². The summed E-state index contributed by atoms with van der Waals surface area (Å²) < 4.78 is 5.60. The van der Waals surface area contributed by atoms with E-state index in [1.807, 2.05) is 13.0 Å². The highest BCUT2D eigenvalue weighted by Gasteiger charge is 2.15. The van der Waals surface area contributed by atoms with Crippen molar-refractivity contribution in [2.45, 2.75) is 25.9 Å². The number of aryl methyl sites for hydroxylation is 1. The molecule has 0 atom stereocenters. The first-order valence-corrected chi connectivity index (χ1v) is 6.82. The van der Waals surface area contributed by atoms with E-state index in [2.05, 4.69) is 16.7 Å². The number of ether oxygens (including phenoxy) is 1. The standard InChI is InChI=1S/C15H19N3O2/c1-11-2-3-12(9-16)8-14(11)18-15(19)10-20-13-4-6-17-7-5-13/h2-3,8,13,17H,4-7,10H2,1H3,(H,18,19). The average molecular weight is 273 g/mol. The van der Waals surface area contributed by atoms with E-state index in [9.17, 15) is 4.79 Å². The van der Waals surface area contributed by atoms with Crippen LogP contribution in [0.15, 0.2) is 18.2 Å². The number of nitrogens with zero attached hydrogens (tertiary/aromatic N) is 1. The molecule has 1 aliphatic heterocycles. The maximum atomic E-state index is 11.9. The molecule has 2 N–H and O–H groups in total. The van der Waals surface area contributed by atoms with Crippen LogP contribution >= 0.6 is 0 Å². The summed E-state index contributed by atoms with van der Waals surface area (Å²) in [6, 6.07) is 7.29. The van der Waals surface area contributed by atoms with Gasteiger partial charge < -0.3 is 15.4 Å². The summed E-state index contributed by atoms with van der Waals surface area (Å²) in [6.07, 6.45) is 2.04. The van der Waals surface area contributed by atoms with Crippen molar-refractivity contribution in [3.8, 4) is 6.07 Å². The monoisotopic (exact) mass is 273 g/mol. The third kappa shape index (κ3) is 4.05. The van der Waals surface area contributed by atoms with E-state index < -0.39 is 0 Å². The van der Waals surface area contributed by atoms with Crippen LogP contribution in [0.5, 0.6) is 0 Å². The van der Waals surface area contributed by atoms with Gasteiger partial charge in [-0.15, -0.1) is 0 Å². The van der Waals surface area contributed by atoms with Crippen molar-refractivity contribution < 1.29 is 9.53 Å². The van der Waals surface area contributed by atoms with Crippen LogP contribution in [0.4, 0.5) is 5.69 Å². The number of rotatable bonds is 4. The van der Waals surface area contributed by atoms with Crippen molar-refractivity contribution >= 4 is 11.6 Å². The van der Waals surface area contributed by atoms with E-state index in [0.29, 0.717) is 11.3 Å². The Kier molecular flexibility index (Phi) is 5.10. The molecule has 1 aliphatic rings. The Morgan fingerprint density at radius 3 is 2.95 bits per heavy atom. The minimum Gasteiger partial charge on any atom is -0.368 e. The molecule has 0 spiro atoms. The summed E-state index contributed by atoms with van der Waals surface area (Å²) in [7, 11) is 0. The van der Waals surface area contributed by atoms with Crippen molar-refractivity contribution in [1.29, 1.82) is 5.26 Å². The Bertz CT molecular complexity index is 516. The van der Waals surface area contributed by atoms with Gasteiger partial charge in [-0.25, -0.2) is 0 Å². The van der Waals surface area contributed by atoms with E-state index in [4.69, 9.17) is 10.00 Å². The van der Waals surface area contributed by atoms with E-state index >= 15 is 0 Å². The number of piperidine rings is 1. The van der Waals surface area contributed by atoms with E-state index in [0.717, 1.165) is 31.5 Å². The summed E-state index contributed by atoms with van der Waals surface area (Å²) in [5.74, 6) is -0.179. The van der Waals surface area contributed by atoms with Crippen LogP contribution in [0.25, 0.3) is 0 Å². The largest absolute Gasteiger partial charge is 0.368 e. The fraction of sp³-hybridized carbons (Fsp3) is 0.467. The minimum atomic E-state index is -0.179. The highest BCUT2D eigenvalue weighted by molar-refractivity contribution is 5.92. The normalized spacial score (nSPS) is 15.6. The smallest absolute Gasteiger partial charge is 0.250 e. The lowest BCUT2D eigenvalue weighted by Gasteiger charge is -2.22. The molecule has 5 nitrogen and oxygen atoms in total. The summed E-state index contributed by atoms with van der Waals surface area (Å²) in [5, 5.41) is 14.9. The van der Waals surface area contributed by atoms with Gasteiger partial charge in [0.2, 0.25) is 5.91 Å². The van der Waals surface area contributed by atoms with Gasteiger partial charge in [-0.3, -0.25) is 4.79 Å². The number of anilines is 1. The first-order chi connectivity index (χ1) is 9.69. The number of nitriles is 1. The first kappa shape index (κ1) is 14.5. The second kappa shape index (κ2) is 7.04. The van der Waals surface area contributed by atoms with Crippen molar-refractivity contribution in [3.05, 3.63) is 29.3 Å². The predicted molar refractivity (Wildman–Crippen MR) is 76.4 cm³/mol. The number of benzene rings is 1. The number of hydrogen-bond acceptors (Lipinski definition) is 4. The SMILES string of the molecule is Cc1ccc(C#N)cc1NC(=O)COC1CCNCC1. The van der Waals surface area contributed by atoms with Gasteiger partial charge >= 0.3 is 0 Å². The predicted octanol–water partition coefficient (Wildman–Crippen LogP) is 1.57. The van der Waals surface area contributed by atoms with Crippen LogP contribution in [-0.4, -0.2) is 31.7 Å². The maximum Gasteiger partial charge on any atom is 0.250 e. The zero-order valence-electron chi connectivity index (χ0n) is 11.6. The number of nitrogens with one attached hydrogen (secondary N) is 2. The van der Waals surface area contributed by atoms with Gasteiger partial charge in [0, 0.05) is 5.69 Å². The Hall–Kier alpha value is -1.90. The lowest BCUT2D eigenvalue weighted by atomic mass is 10.1. The second-order valence-corrected chi connectivity index (χ2v) is 4.95. The van der Waals surface area contributed by atoms with Gasteiger partial charge in [0.05, 0.1) is 17.7 Å². The Balaban J connectivity index is 1.86. The second-order valence-electron chi connectivity index (χ2n) is 4.95. The number of hydrogen-bond donors (Lipinski definition) is 2. The molecule has 0 aliphatic carbocycles. The van der Waals surface area contributed by atoms with Crippen LogP contribution in [0.1, 0.15) is 24.0 Å². The molecule has 20 heavy (non-hydrogen) atoms. The van der Waals surface area contributed by atoms with Crippen LogP contribution in [0.3, 0.4) is 0 Å². The molecule has 0 unspecified atom stereocenters. The lowest BCUT2D eigenvalue weighted by Crippen LogP contribution is -2.34. The summed E-state index contributed by atoms with van der Waals surface area (Å²) >= 11 is 0. The van der Waals surface area contributed by atoms with E-state index in [1.165, 1.54) is 0 Å². The molecule has 0 aromatic heterocycles. The highest BCUT2D eigenvalue weighted by atomic mass is 16.5.